The zero-order valence-corrected chi connectivity index (χ0v) is 8.94. The summed E-state index contributed by atoms with van der Waals surface area (Å²) in [5.74, 6) is -0.732. The van der Waals surface area contributed by atoms with Crippen molar-refractivity contribution in [3.63, 3.8) is 0 Å². The number of nitrogens with one attached hydrogen (secondary N) is 1. The fourth-order valence-electron chi connectivity index (χ4n) is 1.42. The first-order chi connectivity index (χ1) is 7.20. The third-order valence-corrected chi connectivity index (χ3v) is 2.32. The van der Waals surface area contributed by atoms with Crippen LogP contribution >= 0.6 is 0 Å². The molecule has 0 saturated carbocycles. The van der Waals surface area contributed by atoms with Crippen molar-refractivity contribution in [2.45, 2.75) is 25.8 Å². The molecular formula is C12H17NO2. The first-order valence-corrected chi connectivity index (χ1v) is 5.20. The average molecular weight is 207 g/mol. The molecule has 0 aromatic heterocycles. The van der Waals surface area contributed by atoms with Crippen LogP contribution in [0.2, 0.25) is 0 Å². The van der Waals surface area contributed by atoms with E-state index in [1.54, 1.807) is 0 Å². The molecule has 1 aromatic rings. The van der Waals surface area contributed by atoms with E-state index in [-0.39, 0.29) is 12.5 Å². The molecule has 2 N–H and O–H groups in total. The highest BCUT2D eigenvalue weighted by Crippen LogP contribution is 2.10. The molecule has 0 aliphatic heterocycles. The predicted molar refractivity (Wildman–Crippen MR) is 59.7 cm³/mol. The number of rotatable bonds is 6. The molecule has 3 nitrogen and oxygen atoms in total. The van der Waals surface area contributed by atoms with Crippen molar-refractivity contribution in [2.24, 2.45) is 0 Å². The van der Waals surface area contributed by atoms with E-state index in [1.807, 2.05) is 18.2 Å². The summed E-state index contributed by atoms with van der Waals surface area (Å²) in [6, 6.07) is 10.4. The molecule has 82 valence electrons. The van der Waals surface area contributed by atoms with Gasteiger partial charge in [-0.1, -0.05) is 30.3 Å². The first kappa shape index (κ1) is 11.7. The fourth-order valence-corrected chi connectivity index (χ4v) is 1.42. The number of hydrogen-bond donors (Lipinski definition) is 2. The molecule has 0 fully saturated rings. The van der Waals surface area contributed by atoms with Gasteiger partial charge in [-0.15, -0.1) is 0 Å². The van der Waals surface area contributed by atoms with E-state index in [9.17, 15) is 4.79 Å². The molecule has 1 unspecified atom stereocenters. The number of carbonyl (C=O) groups is 1. The maximum atomic E-state index is 10.3. The van der Waals surface area contributed by atoms with E-state index in [0.29, 0.717) is 6.42 Å². The van der Waals surface area contributed by atoms with Crippen LogP contribution in [0, 0.1) is 0 Å². The maximum Gasteiger partial charge on any atom is 0.303 e. The summed E-state index contributed by atoms with van der Waals surface area (Å²) in [5, 5.41) is 11.8. The highest BCUT2D eigenvalue weighted by molar-refractivity contribution is 5.66. The van der Waals surface area contributed by atoms with E-state index in [4.69, 9.17) is 5.11 Å². The summed E-state index contributed by atoms with van der Waals surface area (Å²) in [7, 11) is 0. The van der Waals surface area contributed by atoms with Gasteiger partial charge in [0.15, 0.2) is 0 Å². The molecule has 1 atom stereocenters. The van der Waals surface area contributed by atoms with Crippen molar-refractivity contribution in [3.8, 4) is 0 Å². The van der Waals surface area contributed by atoms with Gasteiger partial charge < -0.3 is 10.4 Å². The summed E-state index contributed by atoms with van der Waals surface area (Å²) in [6.07, 6.45) is 0.904. The van der Waals surface area contributed by atoms with Crippen molar-refractivity contribution < 1.29 is 9.90 Å². The molecule has 0 saturated heterocycles. The lowest BCUT2D eigenvalue weighted by molar-refractivity contribution is -0.137. The van der Waals surface area contributed by atoms with E-state index < -0.39 is 5.97 Å². The van der Waals surface area contributed by atoms with Crippen LogP contribution < -0.4 is 5.32 Å². The highest BCUT2D eigenvalue weighted by atomic mass is 16.4. The normalized spacial score (nSPS) is 12.3. The van der Waals surface area contributed by atoms with Crippen LogP contribution in [-0.4, -0.2) is 17.6 Å². The molecule has 0 spiro atoms. The second-order valence-electron chi connectivity index (χ2n) is 3.58. The topological polar surface area (TPSA) is 49.3 Å². The van der Waals surface area contributed by atoms with E-state index >= 15 is 0 Å². The van der Waals surface area contributed by atoms with Gasteiger partial charge in [0.1, 0.15) is 0 Å². The van der Waals surface area contributed by atoms with Crippen LogP contribution in [0.4, 0.5) is 0 Å². The van der Waals surface area contributed by atoms with Crippen LogP contribution in [0.3, 0.4) is 0 Å². The molecule has 0 aliphatic rings. The zero-order chi connectivity index (χ0) is 11.1. The summed E-state index contributed by atoms with van der Waals surface area (Å²) in [6.45, 7) is 2.82. The van der Waals surface area contributed by atoms with Gasteiger partial charge in [0, 0.05) is 12.5 Å². The Balaban J connectivity index is 2.25. The average Bonchev–Trinajstić information content (AvgIpc) is 2.25. The Bertz CT molecular complexity index is 298. The summed E-state index contributed by atoms with van der Waals surface area (Å²) in [4.78, 5) is 10.3. The van der Waals surface area contributed by atoms with Crippen LogP contribution in [0.15, 0.2) is 30.3 Å². The lowest BCUT2D eigenvalue weighted by Crippen LogP contribution is -2.20. The van der Waals surface area contributed by atoms with Gasteiger partial charge in [-0.25, -0.2) is 0 Å². The number of benzene rings is 1. The molecular weight excluding hydrogens is 190 g/mol. The molecule has 15 heavy (non-hydrogen) atoms. The van der Waals surface area contributed by atoms with E-state index in [0.717, 1.165) is 6.54 Å². The van der Waals surface area contributed by atoms with Crippen LogP contribution in [0.1, 0.15) is 31.4 Å². The summed E-state index contributed by atoms with van der Waals surface area (Å²) in [5.41, 5.74) is 1.23. The van der Waals surface area contributed by atoms with Crippen molar-refractivity contribution in [2.75, 3.05) is 6.54 Å². The quantitative estimate of drug-likeness (QED) is 0.703. The number of carboxylic acid groups (broad SMARTS) is 1. The van der Waals surface area contributed by atoms with Gasteiger partial charge in [0.25, 0.3) is 0 Å². The minimum absolute atomic E-state index is 0.231. The Morgan fingerprint density at radius 2 is 2.07 bits per heavy atom. The largest absolute Gasteiger partial charge is 0.481 e. The zero-order valence-electron chi connectivity index (χ0n) is 8.94. The molecule has 0 amide bonds. The molecule has 1 aromatic carbocycles. The number of carboxylic acids is 1. The monoisotopic (exact) mass is 207 g/mol. The Kier molecular flexibility index (Phi) is 4.84. The highest BCUT2D eigenvalue weighted by Gasteiger charge is 2.03. The number of hydrogen-bond acceptors (Lipinski definition) is 2. The van der Waals surface area contributed by atoms with Gasteiger partial charge in [-0.2, -0.15) is 0 Å². The summed E-state index contributed by atoms with van der Waals surface area (Å²) < 4.78 is 0. The minimum Gasteiger partial charge on any atom is -0.481 e. The van der Waals surface area contributed by atoms with Crippen LogP contribution in [-0.2, 0) is 4.79 Å². The van der Waals surface area contributed by atoms with E-state index in [1.165, 1.54) is 5.56 Å². The lowest BCUT2D eigenvalue weighted by Gasteiger charge is -2.13. The lowest BCUT2D eigenvalue weighted by atomic mass is 10.1. The van der Waals surface area contributed by atoms with Crippen LogP contribution in [0.5, 0.6) is 0 Å². The fraction of sp³-hybridized carbons (Fsp3) is 0.417. The maximum absolute atomic E-state index is 10.3. The van der Waals surface area contributed by atoms with Gasteiger partial charge in [-0.3, -0.25) is 4.79 Å². The predicted octanol–water partition coefficient (Wildman–Crippen LogP) is 2.20. The van der Waals surface area contributed by atoms with Crippen molar-refractivity contribution in [3.05, 3.63) is 35.9 Å². The second kappa shape index (κ2) is 6.19. The molecule has 1 rings (SSSR count). The Morgan fingerprint density at radius 1 is 1.40 bits per heavy atom. The Labute approximate surface area is 90.1 Å². The van der Waals surface area contributed by atoms with Gasteiger partial charge >= 0.3 is 5.97 Å². The number of aliphatic carboxylic acids is 1. The first-order valence-electron chi connectivity index (χ1n) is 5.20. The minimum atomic E-state index is -0.732. The second-order valence-corrected chi connectivity index (χ2v) is 3.58. The third-order valence-electron chi connectivity index (χ3n) is 2.32. The molecule has 3 heteroatoms. The molecule has 0 heterocycles. The van der Waals surface area contributed by atoms with Gasteiger partial charge in [-0.05, 0) is 25.5 Å². The Morgan fingerprint density at radius 3 is 2.67 bits per heavy atom. The SMILES string of the molecule is CC(NCCCC(=O)O)c1ccccc1. The van der Waals surface area contributed by atoms with Crippen molar-refractivity contribution in [1.82, 2.24) is 5.32 Å². The Hall–Kier alpha value is -1.35. The van der Waals surface area contributed by atoms with Gasteiger partial charge in [0.2, 0.25) is 0 Å². The molecule has 0 bridgehead atoms. The van der Waals surface area contributed by atoms with E-state index in [2.05, 4.69) is 24.4 Å². The van der Waals surface area contributed by atoms with Crippen LogP contribution in [0.25, 0.3) is 0 Å². The molecule has 0 radical (unpaired) electrons. The third kappa shape index (κ3) is 4.61. The standard InChI is InChI=1S/C12H17NO2/c1-10(11-6-3-2-4-7-11)13-9-5-8-12(14)15/h2-4,6-7,10,13H,5,8-9H2,1H3,(H,14,15). The van der Waals surface area contributed by atoms with Crippen molar-refractivity contribution in [1.29, 1.82) is 0 Å². The van der Waals surface area contributed by atoms with Crippen molar-refractivity contribution >= 4 is 5.97 Å². The van der Waals surface area contributed by atoms with Gasteiger partial charge in [0.05, 0.1) is 0 Å². The molecule has 0 aliphatic carbocycles. The summed E-state index contributed by atoms with van der Waals surface area (Å²) >= 11 is 0. The smallest absolute Gasteiger partial charge is 0.303 e.